The van der Waals surface area contributed by atoms with Crippen LogP contribution in [0, 0.1) is 0 Å². The van der Waals surface area contributed by atoms with Gasteiger partial charge in [0.1, 0.15) is 0 Å². The lowest BCUT2D eigenvalue weighted by Gasteiger charge is -2.17. The Labute approximate surface area is 112 Å². The summed E-state index contributed by atoms with van der Waals surface area (Å²) in [6, 6.07) is 2.80. The fourth-order valence-corrected chi connectivity index (χ4v) is 3.37. The zero-order valence-electron chi connectivity index (χ0n) is 10.3. The van der Waals surface area contributed by atoms with Crippen molar-refractivity contribution in [2.45, 2.75) is 52.0 Å². The van der Waals surface area contributed by atoms with Crippen LogP contribution in [0.2, 0.25) is 0 Å². The summed E-state index contributed by atoms with van der Waals surface area (Å²) in [7, 11) is 0. The fraction of sp³-hybridized carbons (Fsp3) is 0.692. The van der Waals surface area contributed by atoms with Crippen LogP contribution >= 0.6 is 27.3 Å². The number of hydrogen-bond acceptors (Lipinski definition) is 2. The summed E-state index contributed by atoms with van der Waals surface area (Å²) >= 11 is 5.47. The zero-order valence-corrected chi connectivity index (χ0v) is 12.7. The highest BCUT2D eigenvalue weighted by molar-refractivity contribution is 9.10. The molecule has 1 unspecified atom stereocenters. The van der Waals surface area contributed by atoms with Crippen molar-refractivity contribution in [1.29, 1.82) is 0 Å². The van der Waals surface area contributed by atoms with E-state index in [1.165, 1.54) is 35.0 Å². The van der Waals surface area contributed by atoms with E-state index in [0.29, 0.717) is 6.04 Å². The minimum absolute atomic E-state index is 0.648. The summed E-state index contributed by atoms with van der Waals surface area (Å²) in [6.45, 7) is 5.63. The van der Waals surface area contributed by atoms with E-state index in [4.69, 9.17) is 0 Å². The van der Waals surface area contributed by atoms with Crippen LogP contribution in [0.3, 0.4) is 0 Å². The van der Waals surface area contributed by atoms with Crippen molar-refractivity contribution in [1.82, 2.24) is 5.32 Å². The van der Waals surface area contributed by atoms with Gasteiger partial charge in [0, 0.05) is 15.4 Å². The molecule has 0 spiro atoms. The van der Waals surface area contributed by atoms with Gasteiger partial charge in [-0.3, -0.25) is 0 Å². The molecule has 1 heterocycles. The monoisotopic (exact) mass is 303 g/mol. The number of unbranched alkanes of at least 4 members (excludes halogenated alkanes) is 1. The van der Waals surface area contributed by atoms with Gasteiger partial charge < -0.3 is 5.32 Å². The maximum Gasteiger partial charge on any atom is 0.0314 e. The molecule has 0 aliphatic rings. The van der Waals surface area contributed by atoms with Crippen LogP contribution in [0.4, 0.5) is 0 Å². The molecule has 0 bridgehead atoms. The van der Waals surface area contributed by atoms with Crippen molar-refractivity contribution in [3.05, 3.63) is 20.8 Å². The highest BCUT2D eigenvalue weighted by atomic mass is 79.9. The Morgan fingerprint density at radius 2 is 2.19 bits per heavy atom. The summed E-state index contributed by atoms with van der Waals surface area (Å²) < 4.78 is 1.28. The number of thiophene rings is 1. The lowest BCUT2D eigenvalue weighted by Crippen LogP contribution is -2.31. The Balaban J connectivity index is 2.45. The number of hydrogen-bond donors (Lipinski definition) is 1. The van der Waals surface area contributed by atoms with E-state index in [1.54, 1.807) is 0 Å². The van der Waals surface area contributed by atoms with Gasteiger partial charge in [-0.25, -0.2) is 0 Å². The Bertz CT molecular complexity index is 277. The Hall–Kier alpha value is 0.140. The average molecular weight is 304 g/mol. The molecule has 0 fully saturated rings. The van der Waals surface area contributed by atoms with Gasteiger partial charge in [0.2, 0.25) is 0 Å². The van der Waals surface area contributed by atoms with Gasteiger partial charge in [-0.15, -0.1) is 11.3 Å². The van der Waals surface area contributed by atoms with Crippen molar-refractivity contribution in [3.63, 3.8) is 0 Å². The molecule has 0 aliphatic carbocycles. The van der Waals surface area contributed by atoms with Gasteiger partial charge in [-0.2, -0.15) is 0 Å². The number of nitrogens with one attached hydrogen (secondary N) is 1. The molecule has 1 aromatic heterocycles. The molecule has 1 atom stereocenters. The minimum Gasteiger partial charge on any atom is -0.314 e. The minimum atomic E-state index is 0.648. The van der Waals surface area contributed by atoms with Gasteiger partial charge in [0.05, 0.1) is 0 Å². The van der Waals surface area contributed by atoms with Crippen LogP contribution in [-0.2, 0) is 6.42 Å². The van der Waals surface area contributed by atoms with Crippen LogP contribution < -0.4 is 5.32 Å². The molecule has 3 heteroatoms. The lowest BCUT2D eigenvalue weighted by molar-refractivity contribution is 0.464. The average Bonchev–Trinajstić information content (AvgIpc) is 2.68. The van der Waals surface area contributed by atoms with Gasteiger partial charge in [0.15, 0.2) is 0 Å². The quantitative estimate of drug-likeness (QED) is 0.739. The van der Waals surface area contributed by atoms with Crippen LogP contribution in [0.1, 0.15) is 44.4 Å². The van der Waals surface area contributed by atoms with Gasteiger partial charge in [-0.1, -0.05) is 26.7 Å². The molecular weight excluding hydrogens is 282 g/mol. The number of rotatable bonds is 8. The highest BCUT2D eigenvalue weighted by Crippen LogP contribution is 2.24. The normalized spacial score (nSPS) is 12.9. The van der Waals surface area contributed by atoms with E-state index < -0.39 is 0 Å². The van der Waals surface area contributed by atoms with Crippen LogP contribution in [0.15, 0.2) is 15.9 Å². The van der Waals surface area contributed by atoms with E-state index in [9.17, 15) is 0 Å². The third-order valence-electron chi connectivity index (χ3n) is 2.71. The van der Waals surface area contributed by atoms with E-state index in [0.717, 1.165) is 13.0 Å². The molecule has 0 radical (unpaired) electrons. The molecule has 92 valence electrons. The molecule has 0 saturated heterocycles. The predicted molar refractivity (Wildman–Crippen MR) is 77.3 cm³/mol. The zero-order chi connectivity index (χ0) is 11.8. The first-order valence-electron chi connectivity index (χ1n) is 6.23. The van der Waals surface area contributed by atoms with E-state index in [1.807, 2.05) is 11.3 Å². The molecule has 1 N–H and O–H groups in total. The smallest absolute Gasteiger partial charge is 0.0314 e. The SMILES string of the molecule is CCCCC(Cc1sccc1Br)NCCC. The second kappa shape index (κ2) is 8.26. The summed E-state index contributed by atoms with van der Waals surface area (Å²) in [4.78, 5) is 1.48. The lowest BCUT2D eigenvalue weighted by atomic mass is 10.1. The predicted octanol–water partition coefficient (Wildman–Crippen LogP) is 4.61. The van der Waals surface area contributed by atoms with Crippen molar-refractivity contribution in [3.8, 4) is 0 Å². The Kier molecular flexibility index (Phi) is 7.33. The summed E-state index contributed by atoms with van der Waals surface area (Å²) in [5.41, 5.74) is 0. The molecule has 1 aromatic rings. The van der Waals surface area contributed by atoms with E-state index in [-0.39, 0.29) is 0 Å². The molecule has 0 aliphatic heterocycles. The highest BCUT2D eigenvalue weighted by Gasteiger charge is 2.11. The molecule has 16 heavy (non-hydrogen) atoms. The van der Waals surface area contributed by atoms with Crippen LogP contribution in [0.25, 0.3) is 0 Å². The first-order valence-corrected chi connectivity index (χ1v) is 7.90. The number of halogens is 1. The van der Waals surface area contributed by atoms with Crippen molar-refractivity contribution < 1.29 is 0 Å². The molecule has 0 aromatic carbocycles. The Morgan fingerprint density at radius 1 is 1.38 bits per heavy atom. The van der Waals surface area contributed by atoms with E-state index >= 15 is 0 Å². The second-order valence-corrected chi connectivity index (χ2v) is 6.04. The fourth-order valence-electron chi connectivity index (χ4n) is 1.77. The van der Waals surface area contributed by atoms with Gasteiger partial charge in [-0.05, 0) is 53.2 Å². The third-order valence-corrected chi connectivity index (χ3v) is 4.66. The van der Waals surface area contributed by atoms with E-state index in [2.05, 4.69) is 46.5 Å². The molecule has 0 amide bonds. The van der Waals surface area contributed by atoms with Gasteiger partial charge in [0.25, 0.3) is 0 Å². The third kappa shape index (κ3) is 4.98. The van der Waals surface area contributed by atoms with Crippen LogP contribution in [-0.4, -0.2) is 12.6 Å². The summed E-state index contributed by atoms with van der Waals surface area (Å²) in [6.07, 6.45) is 6.29. The van der Waals surface area contributed by atoms with Crippen LogP contribution in [0.5, 0.6) is 0 Å². The summed E-state index contributed by atoms with van der Waals surface area (Å²) in [5, 5.41) is 5.82. The molecule has 0 saturated carbocycles. The first-order chi connectivity index (χ1) is 7.77. The largest absolute Gasteiger partial charge is 0.314 e. The molecule has 1 rings (SSSR count). The van der Waals surface area contributed by atoms with Crippen molar-refractivity contribution in [2.24, 2.45) is 0 Å². The Morgan fingerprint density at radius 3 is 2.75 bits per heavy atom. The first kappa shape index (κ1) is 14.2. The topological polar surface area (TPSA) is 12.0 Å². The molecule has 1 nitrogen and oxygen atoms in total. The molecular formula is C13H22BrNS. The van der Waals surface area contributed by atoms with Crippen molar-refractivity contribution >= 4 is 27.3 Å². The standard InChI is InChI=1S/C13H22BrNS/c1-3-5-6-11(15-8-4-2)10-13-12(14)7-9-16-13/h7,9,11,15H,3-6,8,10H2,1-2H3. The van der Waals surface area contributed by atoms with Crippen molar-refractivity contribution in [2.75, 3.05) is 6.54 Å². The maximum atomic E-state index is 3.66. The maximum absolute atomic E-state index is 3.66. The van der Waals surface area contributed by atoms with Gasteiger partial charge >= 0.3 is 0 Å². The summed E-state index contributed by atoms with van der Waals surface area (Å²) in [5.74, 6) is 0. The second-order valence-electron chi connectivity index (χ2n) is 4.19.